The molecule has 0 aliphatic rings. The average molecular weight is 405 g/mol. The van der Waals surface area contributed by atoms with Crippen LogP contribution < -0.4 is 10.9 Å². The number of alkyl halides is 4. The molecule has 0 spiro atoms. The van der Waals surface area contributed by atoms with Crippen molar-refractivity contribution in [3.05, 3.63) is 99.2 Å². The van der Waals surface area contributed by atoms with Gasteiger partial charge in [-0.3, -0.25) is 14.6 Å². The molecule has 2 heterocycles. The van der Waals surface area contributed by atoms with Gasteiger partial charge in [0.15, 0.2) is 0 Å². The van der Waals surface area contributed by atoms with Crippen LogP contribution in [-0.4, -0.2) is 15.9 Å². The lowest BCUT2D eigenvalue weighted by Gasteiger charge is -2.22. The van der Waals surface area contributed by atoms with E-state index in [1.807, 2.05) is 0 Å². The molecule has 0 aliphatic carbocycles. The fourth-order valence-corrected chi connectivity index (χ4v) is 2.79. The third-order valence-corrected chi connectivity index (χ3v) is 4.17. The molecule has 5 nitrogen and oxygen atoms in total. The fraction of sp³-hybridized carbons (Fsp3) is 0.150. The number of H-pyrrole nitrogens is 1. The zero-order valence-corrected chi connectivity index (χ0v) is 14.8. The van der Waals surface area contributed by atoms with Gasteiger partial charge in [0.2, 0.25) is 5.56 Å². The van der Waals surface area contributed by atoms with Crippen LogP contribution in [0.15, 0.2) is 65.6 Å². The van der Waals surface area contributed by atoms with Gasteiger partial charge in [-0.2, -0.15) is 13.2 Å². The summed E-state index contributed by atoms with van der Waals surface area (Å²) in [6.45, 7) is -0.736. The van der Waals surface area contributed by atoms with Gasteiger partial charge in [0.25, 0.3) is 5.91 Å². The van der Waals surface area contributed by atoms with Crippen molar-refractivity contribution in [3.8, 4) is 0 Å². The molecule has 0 saturated carbocycles. The third kappa shape index (κ3) is 4.68. The summed E-state index contributed by atoms with van der Waals surface area (Å²) in [7, 11) is 0. The number of nitrogens with one attached hydrogen (secondary N) is 2. The summed E-state index contributed by atoms with van der Waals surface area (Å²) in [5.74, 6) is -0.791. The van der Waals surface area contributed by atoms with Crippen LogP contribution in [0.25, 0.3) is 0 Å². The molecule has 3 aromatic rings. The first-order valence-electron chi connectivity index (χ1n) is 8.46. The Morgan fingerprint density at radius 1 is 1.07 bits per heavy atom. The molecule has 29 heavy (non-hydrogen) atoms. The molecule has 1 amide bonds. The van der Waals surface area contributed by atoms with Gasteiger partial charge in [-0.05, 0) is 29.3 Å². The third-order valence-electron chi connectivity index (χ3n) is 4.17. The molecule has 1 aromatic carbocycles. The molecule has 2 N–H and O–H groups in total. The number of nitrogens with zero attached hydrogens (tertiary/aromatic N) is 1. The summed E-state index contributed by atoms with van der Waals surface area (Å²) >= 11 is 0. The van der Waals surface area contributed by atoms with Crippen molar-refractivity contribution in [2.45, 2.75) is 18.9 Å². The predicted molar refractivity (Wildman–Crippen MR) is 96.9 cm³/mol. The van der Waals surface area contributed by atoms with Crippen LogP contribution in [0, 0.1) is 0 Å². The Hall–Kier alpha value is -3.49. The molecule has 150 valence electrons. The van der Waals surface area contributed by atoms with Gasteiger partial charge in [0.05, 0.1) is 17.3 Å². The largest absolute Gasteiger partial charge is 0.418 e. The van der Waals surface area contributed by atoms with Crippen LogP contribution in [0.4, 0.5) is 17.6 Å². The molecule has 2 aromatic heterocycles. The topological polar surface area (TPSA) is 74.8 Å². The van der Waals surface area contributed by atoms with E-state index < -0.39 is 41.6 Å². The van der Waals surface area contributed by atoms with Crippen molar-refractivity contribution < 1.29 is 22.4 Å². The fourth-order valence-electron chi connectivity index (χ4n) is 2.79. The number of aromatic nitrogens is 2. The maximum atomic E-state index is 13.5. The Kier molecular flexibility index (Phi) is 5.76. The highest BCUT2D eigenvalue weighted by atomic mass is 19.4. The van der Waals surface area contributed by atoms with Crippen molar-refractivity contribution in [3.63, 3.8) is 0 Å². The van der Waals surface area contributed by atoms with E-state index in [1.54, 1.807) is 0 Å². The minimum absolute atomic E-state index is 0.118. The maximum Gasteiger partial charge on any atom is 0.418 e. The summed E-state index contributed by atoms with van der Waals surface area (Å²) in [6.07, 6.45) is -3.52. The zero-order valence-electron chi connectivity index (χ0n) is 14.8. The number of hydrogen-bond acceptors (Lipinski definition) is 3. The molecule has 0 saturated heterocycles. The predicted octanol–water partition coefficient (Wildman–Crippen LogP) is 3.78. The SMILES string of the molecule is O=C(N[C@@H](c1ccc(CF)cc1)c1ncccc1C(F)(F)F)c1cccc(=O)[nH]1. The lowest BCUT2D eigenvalue weighted by Crippen LogP contribution is -2.33. The number of rotatable bonds is 5. The van der Waals surface area contributed by atoms with E-state index in [-0.39, 0.29) is 11.3 Å². The Balaban J connectivity index is 2.07. The molecule has 9 heteroatoms. The lowest BCUT2D eigenvalue weighted by atomic mass is 9.97. The molecule has 0 aliphatic heterocycles. The van der Waals surface area contributed by atoms with E-state index >= 15 is 0 Å². The molecular weight excluding hydrogens is 390 g/mol. The standard InChI is InChI=1S/C20H15F4N3O2/c21-11-12-6-8-13(9-7-12)17(18-14(20(22,23)24)3-2-10-25-18)27-19(29)15-4-1-5-16(28)26-15/h1-10,17H,11H2,(H,26,28)(H,27,29)/t17-/m0/s1. The van der Waals surface area contributed by atoms with E-state index in [0.717, 1.165) is 12.1 Å². The first kappa shape index (κ1) is 20.2. The van der Waals surface area contributed by atoms with Crippen LogP contribution in [0.3, 0.4) is 0 Å². The van der Waals surface area contributed by atoms with Crippen LogP contribution in [-0.2, 0) is 12.9 Å². The van der Waals surface area contributed by atoms with E-state index in [1.165, 1.54) is 48.7 Å². The number of hydrogen-bond donors (Lipinski definition) is 2. The Morgan fingerprint density at radius 3 is 2.41 bits per heavy atom. The molecule has 3 rings (SSSR count). The van der Waals surface area contributed by atoms with Crippen molar-refractivity contribution >= 4 is 5.91 Å². The van der Waals surface area contributed by atoms with Crippen molar-refractivity contribution in [2.24, 2.45) is 0 Å². The van der Waals surface area contributed by atoms with Gasteiger partial charge in [0, 0.05) is 12.3 Å². The number of carbonyl (C=O) groups is 1. The lowest BCUT2D eigenvalue weighted by molar-refractivity contribution is -0.138. The second kappa shape index (κ2) is 8.26. The average Bonchev–Trinajstić information content (AvgIpc) is 2.71. The number of carbonyl (C=O) groups excluding carboxylic acids is 1. The van der Waals surface area contributed by atoms with Gasteiger partial charge in [-0.1, -0.05) is 30.3 Å². The highest BCUT2D eigenvalue weighted by Crippen LogP contribution is 2.35. The number of aromatic amines is 1. The van der Waals surface area contributed by atoms with Crippen molar-refractivity contribution in [1.82, 2.24) is 15.3 Å². The van der Waals surface area contributed by atoms with Crippen LogP contribution in [0.1, 0.15) is 38.9 Å². The number of halogens is 4. The summed E-state index contributed by atoms with van der Waals surface area (Å²) in [5.41, 5.74) is -1.47. The van der Waals surface area contributed by atoms with Crippen LogP contribution >= 0.6 is 0 Å². The van der Waals surface area contributed by atoms with Gasteiger partial charge < -0.3 is 10.3 Å². The molecule has 0 radical (unpaired) electrons. The van der Waals surface area contributed by atoms with Gasteiger partial charge >= 0.3 is 6.18 Å². The zero-order chi connectivity index (χ0) is 21.0. The van der Waals surface area contributed by atoms with E-state index in [2.05, 4.69) is 15.3 Å². The Morgan fingerprint density at radius 2 is 1.79 bits per heavy atom. The molecule has 0 fully saturated rings. The summed E-state index contributed by atoms with van der Waals surface area (Å²) in [6, 6.07) is 10.3. The Bertz CT molecular complexity index is 1060. The first-order chi connectivity index (χ1) is 13.8. The quantitative estimate of drug-likeness (QED) is 0.635. The monoisotopic (exact) mass is 405 g/mol. The van der Waals surface area contributed by atoms with Crippen LogP contribution in [0.2, 0.25) is 0 Å². The summed E-state index contributed by atoms with van der Waals surface area (Å²) in [4.78, 5) is 30.2. The summed E-state index contributed by atoms with van der Waals surface area (Å²) in [5, 5.41) is 2.48. The summed E-state index contributed by atoms with van der Waals surface area (Å²) < 4.78 is 53.3. The highest BCUT2D eigenvalue weighted by molar-refractivity contribution is 5.92. The van der Waals surface area contributed by atoms with E-state index in [4.69, 9.17) is 0 Å². The number of pyridine rings is 2. The second-order valence-electron chi connectivity index (χ2n) is 6.14. The normalized spacial score (nSPS) is 12.4. The molecule has 0 unspecified atom stereocenters. The number of amides is 1. The van der Waals surface area contributed by atoms with Gasteiger partial charge in [-0.15, -0.1) is 0 Å². The highest BCUT2D eigenvalue weighted by Gasteiger charge is 2.37. The van der Waals surface area contributed by atoms with E-state index in [9.17, 15) is 27.2 Å². The molecular formula is C20H15F4N3O2. The van der Waals surface area contributed by atoms with Gasteiger partial charge in [-0.25, -0.2) is 4.39 Å². The maximum absolute atomic E-state index is 13.5. The number of benzene rings is 1. The second-order valence-corrected chi connectivity index (χ2v) is 6.14. The van der Waals surface area contributed by atoms with Crippen molar-refractivity contribution in [1.29, 1.82) is 0 Å². The van der Waals surface area contributed by atoms with Gasteiger partial charge in [0.1, 0.15) is 12.4 Å². The smallest absolute Gasteiger partial charge is 0.338 e. The van der Waals surface area contributed by atoms with Crippen LogP contribution in [0.5, 0.6) is 0 Å². The van der Waals surface area contributed by atoms with Crippen molar-refractivity contribution in [2.75, 3.05) is 0 Å². The minimum atomic E-state index is -4.70. The Labute approximate surface area is 162 Å². The molecule has 1 atom stereocenters. The first-order valence-corrected chi connectivity index (χ1v) is 8.46. The minimum Gasteiger partial charge on any atom is -0.338 e. The van der Waals surface area contributed by atoms with E-state index in [0.29, 0.717) is 5.56 Å². The molecule has 0 bridgehead atoms.